The Morgan fingerprint density at radius 1 is 0.431 bits per heavy atom. The first-order valence-electron chi connectivity index (χ1n) is 23.0. The Morgan fingerprint density at radius 2 is 1.00 bits per heavy atom. The Morgan fingerprint density at radius 3 is 1.75 bits per heavy atom. The largest absolute Gasteiger partial charge is 0.310 e. The minimum absolute atomic E-state index is 0.103. The summed E-state index contributed by atoms with van der Waals surface area (Å²) in [6.07, 6.45) is 0. The average Bonchev–Trinajstić information content (AvgIpc) is 3.93. The average molecular weight is 854 g/mol. The molecule has 2 aliphatic rings. The van der Waals surface area contributed by atoms with Crippen LogP contribution in [-0.4, -0.2) is 0 Å². The number of hydrogen-bond acceptors (Lipinski definition) is 2. The van der Waals surface area contributed by atoms with Crippen LogP contribution in [0.1, 0.15) is 74.9 Å². The van der Waals surface area contributed by atoms with E-state index in [4.69, 9.17) is 0 Å². The third-order valence-corrected chi connectivity index (χ3v) is 15.9. The van der Waals surface area contributed by atoms with Gasteiger partial charge >= 0.3 is 0 Å². The number of thiophene rings is 1. The van der Waals surface area contributed by atoms with Crippen LogP contribution in [0, 0.1) is 0 Å². The van der Waals surface area contributed by atoms with Crippen molar-refractivity contribution in [3.8, 4) is 44.5 Å². The van der Waals surface area contributed by atoms with Crippen molar-refractivity contribution < 1.29 is 0 Å². The molecule has 1 nitrogen and oxygen atoms in total. The topological polar surface area (TPSA) is 3.24 Å². The molecule has 9 aromatic carbocycles. The summed E-state index contributed by atoms with van der Waals surface area (Å²) in [5.74, 6) is 0. The van der Waals surface area contributed by atoms with Crippen LogP contribution in [0.4, 0.5) is 17.1 Å². The SMILES string of the molecule is CC(C)(C)c1ccc(-c2cccc3c2sc2ccccc23)c2c1C(C)(c1ccccc1)c1cc(N(c3ccc(-c4ccccc4)cc3)c3ccc4c(c3)C(C)(C)c3ccccc3-4)ccc1-2. The van der Waals surface area contributed by atoms with Gasteiger partial charge in [0.1, 0.15) is 0 Å². The summed E-state index contributed by atoms with van der Waals surface area (Å²) < 4.78 is 2.67. The molecule has 2 aliphatic carbocycles. The van der Waals surface area contributed by atoms with E-state index in [0.29, 0.717) is 0 Å². The molecule has 65 heavy (non-hydrogen) atoms. The fourth-order valence-electron chi connectivity index (χ4n) is 11.4. The molecule has 1 unspecified atom stereocenters. The van der Waals surface area contributed by atoms with Crippen molar-refractivity contribution >= 4 is 48.6 Å². The Hall–Kier alpha value is -7.00. The van der Waals surface area contributed by atoms with E-state index in [1.54, 1.807) is 0 Å². The second kappa shape index (κ2) is 14.5. The summed E-state index contributed by atoms with van der Waals surface area (Å²) in [7, 11) is 0. The van der Waals surface area contributed by atoms with Crippen LogP contribution in [0.3, 0.4) is 0 Å². The van der Waals surface area contributed by atoms with Gasteiger partial charge in [-0.2, -0.15) is 0 Å². The first kappa shape index (κ1) is 39.6. The van der Waals surface area contributed by atoms with Crippen molar-refractivity contribution in [3.63, 3.8) is 0 Å². The Kier molecular flexibility index (Phi) is 8.83. The molecule has 0 aliphatic heterocycles. The van der Waals surface area contributed by atoms with E-state index in [9.17, 15) is 0 Å². The smallest absolute Gasteiger partial charge is 0.0465 e. The molecule has 0 spiro atoms. The lowest BCUT2D eigenvalue weighted by atomic mass is 9.68. The highest BCUT2D eigenvalue weighted by molar-refractivity contribution is 7.26. The van der Waals surface area contributed by atoms with Crippen LogP contribution in [0.15, 0.2) is 200 Å². The molecule has 0 amide bonds. The standard InChI is InChI=1S/C63H51NS/c1-61(2,3)54-37-36-49(51-25-17-24-50-48-23-14-16-27-57(48)65-60(50)51)58-52-35-33-45(39-56(52)63(6,59(54)58)42-20-11-8-12-21-42)64(43-30-28-41(29-31-43)40-18-9-7-10-19-40)44-32-34-47-46-22-13-15-26-53(46)62(4,5)55(47)38-44/h7-39H,1-6H3. The van der Waals surface area contributed by atoms with Gasteiger partial charge < -0.3 is 4.90 Å². The second-order valence-electron chi connectivity index (χ2n) is 19.8. The molecule has 0 N–H and O–H groups in total. The molecule has 2 heteroatoms. The highest BCUT2D eigenvalue weighted by atomic mass is 32.1. The third kappa shape index (κ3) is 5.97. The molecule has 1 heterocycles. The van der Waals surface area contributed by atoms with E-state index in [2.05, 4.69) is 247 Å². The van der Waals surface area contributed by atoms with Gasteiger partial charge in [-0.15, -0.1) is 11.3 Å². The molecule has 1 aromatic heterocycles. The summed E-state index contributed by atoms with van der Waals surface area (Å²) in [6.45, 7) is 14.4. The maximum absolute atomic E-state index is 2.52. The lowest BCUT2D eigenvalue weighted by Crippen LogP contribution is -2.27. The van der Waals surface area contributed by atoms with Gasteiger partial charge in [0.05, 0.1) is 0 Å². The number of fused-ring (bicyclic) bond motifs is 9. The zero-order valence-electron chi connectivity index (χ0n) is 37.9. The number of anilines is 3. The molecule has 0 fully saturated rings. The van der Waals surface area contributed by atoms with Gasteiger partial charge in [-0.1, -0.05) is 192 Å². The van der Waals surface area contributed by atoms with E-state index in [1.165, 1.54) is 98.1 Å². The van der Waals surface area contributed by atoms with Crippen LogP contribution >= 0.6 is 11.3 Å². The van der Waals surface area contributed by atoms with Gasteiger partial charge in [0, 0.05) is 53.6 Å². The van der Waals surface area contributed by atoms with Gasteiger partial charge in [0.2, 0.25) is 0 Å². The zero-order chi connectivity index (χ0) is 44.2. The molecule has 0 saturated carbocycles. The summed E-state index contributed by atoms with van der Waals surface area (Å²) in [5.41, 5.74) is 21.3. The van der Waals surface area contributed by atoms with Gasteiger partial charge in [-0.3, -0.25) is 0 Å². The van der Waals surface area contributed by atoms with Crippen molar-refractivity contribution in [2.75, 3.05) is 4.90 Å². The molecule has 12 rings (SSSR count). The highest BCUT2D eigenvalue weighted by Crippen LogP contribution is 2.60. The van der Waals surface area contributed by atoms with Gasteiger partial charge in [0.25, 0.3) is 0 Å². The van der Waals surface area contributed by atoms with E-state index in [1.807, 2.05) is 11.3 Å². The van der Waals surface area contributed by atoms with Crippen LogP contribution in [0.25, 0.3) is 64.7 Å². The van der Waals surface area contributed by atoms with Crippen LogP contribution in [-0.2, 0) is 16.2 Å². The quantitative estimate of drug-likeness (QED) is 0.161. The number of benzene rings is 9. The van der Waals surface area contributed by atoms with Crippen molar-refractivity contribution in [2.45, 2.75) is 57.8 Å². The molecule has 0 bridgehead atoms. The number of hydrogen-bond donors (Lipinski definition) is 0. The van der Waals surface area contributed by atoms with Crippen molar-refractivity contribution in [2.24, 2.45) is 0 Å². The predicted octanol–water partition coefficient (Wildman–Crippen LogP) is 17.8. The Balaban J connectivity index is 1.11. The van der Waals surface area contributed by atoms with E-state index in [0.717, 1.165) is 17.1 Å². The molecule has 314 valence electrons. The molecule has 0 radical (unpaired) electrons. The van der Waals surface area contributed by atoms with Crippen LogP contribution in [0.2, 0.25) is 0 Å². The minimum Gasteiger partial charge on any atom is -0.310 e. The maximum Gasteiger partial charge on any atom is 0.0465 e. The van der Waals surface area contributed by atoms with Gasteiger partial charge in [-0.25, -0.2) is 0 Å². The summed E-state index contributed by atoms with van der Waals surface area (Å²) in [4.78, 5) is 2.49. The summed E-state index contributed by atoms with van der Waals surface area (Å²) >= 11 is 1.91. The summed E-state index contributed by atoms with van der Waals surface area (Å²) in [6, 6.07) is 75.2. The Labute approximate surface area is 387 Å². The molecule has 0 saturated heterocycles. The Bertz CT molecular complexity index is 3490. The highest BCUT2D eigenvalue weighted by Gasteiger charge is 2.46. The van der Waals surface area contributed by atoms with Crippen LogP contribution < -0.4 is 4.90 Å². The van der Waals surface area contributed by atoms with Crippen LogP contribution in [0.5, 0.6) is 0 Å². The van der Waals surface area contributed by atoms with Gasteiger partial charge in [0.15, 0.2) is 0 Å². The fraction of sp³-hybridized carbons (Fsp3) is 0.143. The first-order chi connectivity index (χ1) is 31.5. The summed E-state index contributed by atoms with van der Waals surface area (Å²) in [5, 5.41) is 2.65. The molecular weight excluding hydrogens is 803 g/mol. The second-order valence-corrected chi connectivity index (χ2v) is 20.9. The normalized spacial score (nSPS) is 15.7. The molecular formula is C63H51NS. The van der Waals surface area contributed by atoms with Crippen molar-refractivity contribution in [1.82, 2.24) is 0 Å². The van der Waals surface area contributed by atoms with Crippen molar-refractivity contribution in [1.29, 1.82) is 0 Å². The number of nitrogens with zero attached hydrogens (tertiary/aromatic N) is 1. The minimum atomic E-state index is -0.445. The molecule has 1 atom stereocenters. The zero-order valence-corrected chi connectivity index (χ0v) is 38.7. The van der Waals surface area contributed by atoms with E-state index < -0.39 is 5.41 Å². The number of rotatable bonds is 6. The van der Waals surface area contributed by atoms with E-state index >= 15 is 0 Å². The third-order valence-electron chi connectivity index (χ3n) is 14.7. The predicted molar refractivity (Wildman–Crippen MR) is 279 cm³/mol. The van der Waals surface area contributed by atoms with Gasteiger partial charge in [-0.05, 0) is 127 Å². The monoisotopic (exact) mass is 853 g/mol. The van der Waals surface area contributed by atoms with Crippen molar-refractivity contribution in [3.05, 3.63) is 234 Å². The fourth-order valence-corrected chi connectivity index (χ4v) is 12.7. The molecule has 10 aromatic rings. The lowest BCUT2D eigenvalue weighted by molar-refractivity contribution is 0.566. The lowest BCUT2D eigenvalue weighted by Gasteiger charge is -2.35. The maximum atomic E-state index is 2.52. The van der Waals surface area contributed by atoms with E-state index in [-0.39, 0.29) is 10.8 Å². The first-order valence-corrected chi connectivity index (χ1v) is 23.8.